The first kappa shape index (κ1) is 23.9. The minimum absolute atomic E-state index is 0.0451. The number of aromatic nitrogens is 2. The van der Waals surface area contributed by atoms with Crippen LogP contribution in [0.3, 0.4) is 0 Å². The molecule has 2 aromatic rings. The van der Waals surface area contributed by atoms with Gasteiger partial charge in [-0.2, -0.15) is 5.10 Å². The Morgan fingerprint density at radius 1 is 1.37 bits per heavy atom. The van der Waals surface area contributed by atoms with Crippen LogP contribution < -0.4 is 10.1 Å². The number of nitrogens with zero attached hydrogens (tertiary/aromatic N) is 3. The molecule has 0 aliphatic carbocycles. The number of amides is 1. The van der Waals surface area contributed by atoms with Gasteiger partial charge in [0.15, 0.2) is 0 Å². The third-order valence-corrected chi connectivity index (χ3v) is 6.65. The third-order valence-electron chi connectivity index (χ3n) is 4.44. The fraction of sp³-hybridized carbons (Fsp3) is 0.400. The van der Waals surface area contributed by atoms with Crippen molar-refractivity contribution < 1.29 is 17.9 Å². The predicted octanol–water partition coefficient (Wildman–Crippen LogP) is 3.56. The Labute approximate surface area is 182 Å². The molecule has 0 aliphatic heterocycles. The van der Waals surface area contributed by atoms with Crippen molar-refractivity contribution >= 4 is 39.3 Å². The van der Waals surface area contributed by atoms with Gasteiger partial charge in [-0.3, -0.25) is 9.48 Å². The van der Waals surface area contributed by atoms with Crippen molar-refractivity contribution in [3.05, 3.63) is 40.7 Å². The number of carbonyl (C=O) groups is 1. The molecule has 0 fully saturated rings. The molecule has 1 heterocycles. The standard InChI is InChI=1S/C20H27ClN4O4S/c1-6-7-12-25-20(21)16(14(2)23-25)9-11-19(26)22-17-13-15(8-10-18(17)29-5)30(27,28)24(3)4/h8-11,13H,6-7,12H2,1-5H3,(H,22,26)/b11-9+. The van der Waals surface area contributed by atoms with E-state index in [1.165, 1.54) is 45.5 Å². The first-order valence-corrected chi connectivity index (χ1v) is 11.3. The Hall–Kier alpha value is -2.36. The van der Waals surface area contributed by atoms with Gasteiger partial charge in [-0.25, -0.2) is 12.7 Å². The summed E-state index contributed by atoms with van der Waals surface area (Å²) in [6.45, 7) is 4.62. The van der Waals surface area contributed by atoms with Crippen LogP contribution in [0.15, 0.2) is 29.2 Å². The summed E-state index contributed by atoms with van der Waals surface area (Å²) in [7, 11) is 0.663. The minimum atomic E-state index is -3.65. The number of ether oxygens (including phenoxy) is 1. The van der Waals surface area contributed by atoms with E-state index in [-0.39, 0.29) is 10.6 Å². The van der Waals surface area contributed by atoms with Crippen molar-refractivity contribution in [2.45, 2.75) is 38.1 Å². The molecule has 0 bridgehead atoms. The molecule has 0 radical (unpaired) electrons. The molecule has 1 N–H and O–H groups in total. The zero-order valence-electron chi connectivity index (χ0n) is 17.8. The van der Waals surface area contributed by atoms with Crippen molar-refractivity contribution in [1.29, 1.82) is 0 Å². The molecule has 8 nitrogen and oxygen atoms in total. The number of aryl methyl sites for hydroxylation is 2. The number of halogens is 1. The van der Waals surface area contributed by atoms with E-state index in [1.54, 1.807) is 10.8 Å². The van der Waals surface area contributed by atoms with Crippen LogP contribution in [-0.4, -0.2) is 49.6 Å². The molecule has 30 heavy (non-hydrogen) atoms. The summed E-state index contributed by atoms with van der Waals surface area (Å²) in [6.07, 6.45) is 4.89. The third kappa shape index (κ3) is 5.41. The van der Waals surface area contributed by atoms with Crippen LogP contribution in [0, 0.1) is 6.92 Å². The smallest absolute Gasteiger partial charge is 0.248 e. The lowest BCUT2D eigenvalue weighted by atomic mass is 10.2. The van der Waals surface area contributed by atoms with Gasteiger partial charge >= 0.3 is 0 Å². The van der Waals surface area contributed by atoms with Gasteiger partial charge in [0.1, 0.15) is 10.9 Å². The molecule has 1 aromatic carbocycles. The molecule has 0 atom stereocenters. The summed E-state index contributed by atoms with van der Waals surface area (Å²) in [4.78, 5) is 12.5. The summed E-state index contributed by atoms with van der Waals surface area (Å²) in [6, 6.07) is 4.28. The Bertz CT molecular complexity index is 1050. The van der Waals surface area contributed by atoms with E-state index in [0.29, 0.717) is 23.0 Å². The Morgan fingerprint density at radius 2 is 2.07 bits per heavy atom. The monoisotopic (exact) mass is 454 g/mol. The van der Waals surface area contributed by atoms with Crippen molar-refractivity contribution in [1.82, 2.24) is 14.1 Å². The SMILES string of the molecule is CCCCn1nc(C)c(/C=C/C(=O)Nc2cc(S(=O)(=O)N(C)C)ccc2OC)c1Cl. The molecule has 1 amide bonds. The van der Waals surface area contributed by atoms with Crippen LogP contribution in [0.1, 0.15) is 31.0 Å². The van der Waals surface area contributed by atoms with Crippen molar-refractivity contribution in [2.24, 2.45) is 0 Å². The van der Waals surface area contributed by atoms with E-state index in [9.17, 15) is 13.2 Å². The topological polar surface area (TPSA) is 93.5 Å². The quantitative estimate of drug-likeness (QED) is 0.585. The minimum Gasteiger partial charge on any atom is -0.495 e. The lowest BCUT2D eigenvalue weighted by Crippen LogP contribution is -2.22. The number of sulfonamides is 1. The molecule has 0 saturated carbocycles. The van der Waals surface area contributed by atoms with Gasteiger partial charge in [0.05, 0.1) is 23.4 Å². The summed E-state index contributed by atoms with van der Waals surface area (Å²) in [5.74, 6) is -0.111. The zero-order valence-corrected chi connectivity index (χ0v) is 19.3. The lowest BCUT2D eigenvalue weighted by Gasteiger charge is -2.14. The number of carbonyl (C=O) groups excluding carboxylic acids is 1. The van der Waals surface area contributed by atoms with E-state index >= 15 is 0 Å². The molecular weight excluding hydrogens is 428 g/mol. The molecule has 2 rings (SSSR count). The maximum Gasteiger partial charge on any atom is 0.248 e. The van der Waals surface area contributed by atoms with Crippen LogP contribution >= 0.6 is 11.6 Å². The number of hydrogen-bond acceptors (Lipinski definition) is 5. The largest absolute Gasteiger partial charge is 0.495 e. The summed E-state index contributed by atoms with van der Waals surface area (Å²) >= 11 is 6.38. The van der Waals surface area contributed by atoms with Gasteiger partial charge < -0.3 is 10.1 Å². The second-order valence-electron chi connectivity index (χ2n) is 6.84. The van der Waals surface area contributed by atoms with Crippen LogP contribution in [0.25, 0.3) is 6.08 Å². The van der Waals surface area contributed by atoms with Crippen LogP contribution in [0.2, 0.25) is 5.15 Å². The summed E-state index contributed by atoms with van der Waals surface area (Å²) in [5.41, 5.74) is 1.63. The number of unbranched alkanes of at least 4 members (excludes halogenated alkanes) is 1. The highest BCUT2D eigenvalue weighted by Crippen LogP contribution is 2.29. The summed E-state index contributed by atoms with van der Waals surface area (Å²) in [5, 5.41) is 7.54. The van der Waals surface area contributed by atoms with Crippen molar-refractivity contribution in [2.75, 3.05) is 26.5 Å². The van der Waals surface area contributed by atoms with E-state index in [2.05, 4.69) is 17.3 Å². The van der Waals surface area contributed by atoms with Crippen LogP contribution in [-0.2, 0) is 21.4 Å². The number of rotatable bonds is 9. The highest BCUT2D eigenvalue weighted by atomic mass is 35.5. The molecule has 0 unspecified atom stereocenters. The molecule has 1 aromatic heterocycles. The first-order valence-electron chi connectivity index (χ1n) is 9.44. The molecule has 0 spiro atoms. The number of benzene rings is 1. The van der Waals surface area contributed by atoms with Crippen molar-refractivity contribution in [3.63, 3.8) is 0 Å². The molecule has 0 saturated heterocycles. The number of anilines is 1. The average Bonchev–Trinajstić information content (AvgIpc) is 2.97. The van der Waals surface area contributed by atoms with Crippen molar-refractivity contribution in [3.8, 4) is 5.75 Å². The predicted molar refractivity (Wildman–Crippen MR) is 118 cm³/mol. The maximum absolute atomic E-state index is 12.5. The number of methoxy groups -OCH3 is 1. The molecule has 10 heteroatoms. The van der Waals surface area contributed by atoms with E-state index in [4.69, 9.17) is 16.3 Å². The number of nitrogens with one attached hydrogen (secondary N) is 1. The normalized spacial score (nSPS) is 12.0. The van der Waals surface area contributed by atoms with Gasteiger partial charge in [-0.1, -0.05) is 24.9 Å². The molecule has 164 valence electrons. The first-order chi connectivity index (χ1) is 14.1. The van der Waals surface area contributed by atoms with Gasteiger partial charge in [0.2, 0.25) is 15.9 Å². The zero-order chi connectivity index (χ0) is 22.5. The van der Waals surface area contributed by atoms with Gasteiger partial charge in [-0.15, -0.1) is 0 Å². The second kappa shape index (κ2) is 10.1. The maximum atomic E-state index is 12.5. The van der Waals surface area contributed by atoms with E-state index in [1.807, 2.05) is 6.92 Å². The van der Waals surface area contributed by atoms with Gasteiger partial charge in [0, 0.05) is 32.3 Å². The number of hydrogen-bond donors (Lipinski definition) is 1. The molecular formula is C20H27ClN4O4S. The fourth-order valence-electron chi connectivity index (χ4n) is 2.70. The highest BCUT2D eigenvalue weighted by molar-refractivity contribution is 7.89. The highest BCUT2D eigenvalue weighted by Gasteiger charge is 2.19. The fourth-order valence-corrected chi connectivity index (χ4v) is 3.95. The Morgan fingerprint density at radius 3 is 2.67 bits per heavy atom. The van der Waals surface area contributed by atoms with E-state index in [0.717, 1.165) is 22.8 Å². The van der Waals surface area contributed by atoms with Gasteiger partial charge in [0.25, 0.3) is 0 Å². The van der Waals surface area contributed by atoms with E-state index < -0.39 is 15.9 Å². The Kier molecular flexibility index (Phi) is 8.05. The second-order valence-corrected chi connectivity index (χ2v) is 9.35. The van der Waals surface area contributed by atoms with Crippen LogP contribution in [0.5, 0.6) is 5.75 Å². The summed E-state index contributed by atoms with van der Waals surface area (Å²) < 4.78 is 32.8. The van der Waals surface area contributed by atoms with Crippen LogP contribution in [0.4, 0.5) is 5.69 Å². The Balaban J connectivity index is 2.25. The van der Waals surface area contributed by atoms with Gasteiger partial charge in [-0.05, 0) is 37.6 Å². The lowest BCUT2D eigenvalue weighted by molar-refractivity contribution is -0.111. The average molecular weight is 455 g/mol. The molecule has 0 aliphatic rings.